The van der Waals surface area contributed by atoms with Gasteiger partial charge in [-0.2, -0.15) is 13.2 Å². The fourth-order valence-electron chi connectivity index (χ4n) is 5.32. The first-order chi connectivity index (χ1) is 21.5. The van der Waals surface area contributed by atoms with Crippen LogP contribution < -0.4 is 16.0 Å². The number of hydrogen-bond donors (Lipinski definition) is 3. The number of nitrogens with one attached hydrogen (secondary N) is 3. The van der Waals surface area contributed by atoms with Crippen LogP contribution in [0.5, 0.6) is 0 Å². The number of amides is 3. The predicted octanol–water partition coefficient (Wildman–Crippen LogP) is 6.55. The van der Waals surface area contributed by atoms with E-state index in [1.165, 1.54) is 0 Å². The summed E-state index contributed by atoms with van der Waals surface area (Å²) in [6.45, 7) is 15.6. The minimum atomic E-state index is -5.19. The average Bonchev–Trinajstić information content (AvgIpc) is 2.98. The summed E-state index contributed by atoms with van der Waals surface area (Å²) in [5.74, 6) is -4.56. The van der Waals surface area contributed by atoms with Crippen molar-refractivity contribution in [3.63, 3.8) is 0 Å². The van der Waals surface area contributed by atoms with Crippen LogP contribution in [0.15, 0.2) is 40.5 Å². The third kappa shape index (κ3) is 15.3. The number of unbranched alkanes of at least 4 members (excludes halogenated alkanes) is 3. The Hall–Kier alpha value is -2.57. The first-order valence-electron chi connectivity index (χ1n) is 16.4. The Labute approximate surface area is 276 Å². The molecule has 3 N–H and O–H groups in total. The molecule has 260 valence electrons. The van der Waals surface area contributed by atoms with Crippen LogP contribution in [0.2, 0.25) is 13.3 Å². The normalized spacial score (nSPS) is 13.3. The molecule has 0 saturated carbocycles. The summed E-state index contributed by atoms with van der Waals surface area (Å²) in [5.41, 5.74) is -0.300. The molecule has 8 nitrogen and oxygen atoms in total. The topological polar surface area (TPSA) is 114 Å². The van der Waals surface area contributed by atoms with Crippen LogP contribution in [0.4, 0.5) is 13.2 Å². The van der Waals surface area contributed by atoms with E-state index in [2.05, 4.69) is 38.0 Å². The van der Waals surface area contributed by atoms with Crippen LogP contribution in [0.3, 0.4) is 0 Å². The van der Waals surface area contributed by atoms with Gasteiger partial charge in [0.25, 0.3) is 0 Å². The van der Waals surface area contributed by atoms with E-state index in [1.807, 2.05) is 0 Å². The molecule has 46 heavy (non-hydrogen) atoms. The molecule has 1 rings (SSSR count). The van der Waals surface area contributed by atoms with Crippen molar-refractivity contribution in [3.05, 3.63) is 46.1 Å². The van der Waals surface area contributed by atoms with Crippen molar-refractivity contribution >= 4 is 42.1 Å². The molecule has 0 radical (unpaired) electrons. The van der Waals surface area contributed by atoms with Gasteiger partial charge in [-0.05, 0) is 0 Å². The third-order valence-corrected chi connectivity index (χ3v) is 23.9. The number of carbonyl (C=O) groups is 4. The van der Waals surface area contributed by atoms with E-state index in [0.29, 0.717) is 5.56 Å². The van der Waals surface area contributed by atoms with Crippen molar-refractivity contribution in [1.82, 2.24) is 16.0 Å². The first-order valence-corrected chi connectivity index (χ1v) is 23.9. The van der Waals surface area contributed by atoms with Gasteiger partial charge in [0.05, 0.1) is 0 Å². The molecular weight excluding hydrogens is 706 g/mol. The van der Waals surface area contributed by atoms with Crippen LogP contribution in [0.1, 0.15) is 92.1 Å². The Bertz CT molecular complexity index is 1120. The number of carbonyl (C=O) groups excluding carboxylic acids is 4. The van der Waals surface area contributed by atoms with E-state index in [4.69, 9.17) is 4.74 Å². The zero-order valence-electron chi connectivity index (χ0n) is 28.4. The molecule has 0 aromatic heterocycles. The van der Waals surface area contributed by atoms with Crippen molar-refractivity contribution < 1.29 is 37.1 Å². The maximum absolute atomic E-state index is 13.4. The zero-order valence-corrected chi connectivity index (χ0v) is 31.3. The van der Waals surface area contributed by atoms with E-state index in [0.717, 1.165) is 55.4 Å². The Morgan fingerprint density at radius 2 is 1.37 bits per heavy atom. The molecule has 0 saturated heterocycles. The number of esters is 1. The number of ether oxygens (including phenoxy) is 1. The molecule has 12 heteroatoms. The number of halogens is 3. The fourth-order valence-corrected chi connectivity index (χ4v) is 21.1. The Balaban J connectivity index is 3.18. The molecular formula is C34H54F3N3O5Sn. The number of hydrogen-bond acceptors (Lipinski definition) is 5. The number of alkyl halides is 3. The summed E-state index contributed by atoms with van der Waals surface area (Å²) in [4.78, 5) is 51.1. The van der Waals surface area contributed by atoms with Crippen molar-refractivity contribution in [2.45, 2.75) is 130 Å². The quantitative estimate of drug-likeness (QED) is 0.103. The maximum atomic E-state index is 13.4. The molecule has 2 atom stereocenters. The van der Waals surface area contributed by atoms with Gasteiger partial charge in [0.1, 0.15) is 0 Å². The van der Waals surface area contributed by atoms with E-state index in [1.54, 1.807) is 56.4 Å². The van der Waals surface area contributed by atoms with Crippen molar-refractivity contribution in [3.8, 4) is 0 Å². The van der Waals surface area contributed by atoms with Crippen molar-refractivity contribution in [2.75, 3.05) is 6.54 Å². The van der Waals surface area contributed by atoms with E-state index in [9.17, 15) is 32.3 Å². The van der Waals surface area contributed by atoms with Crippen LogP contribution in [0, 0.1) is 0 Å². The molecule has 0 bridgehead atoms. The van der Waals surface area contributed by atoms with E-state index < -0.39 is 72.5 Å². The van der Waals surface area contributed by atoms with Gasteiger partial charge in [-0.15, -0.1) is 0 Å². The second-order valence-corrected chi connectivity index (χ2v) is 26.6. The monoisotopic (exact) mass is 761 g/mol. The van der Waals surface area contributed by atoms with Crippen LogP contribution in [0.25, 0.3) is 0 Å². The van der Waals surface area contributed by atoms with E-state index in [-0.39, 0.29) is 12.8 Å². The van der Waals surface area contributed by atoms with Gasteiger partial charge in [-0.3, -0.25) is 0 Å². The summed E-state index contributed by atoms with van der Waals surface area (Å²) in [6, 6.07) is 5.60. The first kappa shape index (κ1) is 41.5. The van der Waals surface area contributed by atoms with Crippen LogP contribution >= 0.6 is 0 Å². The Morgan fingerprint density at radius 1 is 0.848 bits per heavy atom. The molecule has 3 amide bonds. The summed E-state index contributed by atoms with van der Waals surface area (Å²) in [5, 5.41) is 6.74. The number of rotatable bonds is 20. The molecule has 0 aliphatic rings. The summed E-state index contributed by atoms with van der Waals surface area (Å²) in [7, 11) is 0. The Kier molecular flexibility index (Phi) is 18.0. The molecule has 1 aromatic carbocycles. The Morgan fingerprint density at radius 3 is 1.83 bits per heavy atom. The standard InChI is InChI=1S/C22H27F3N3O5.3C4H9.Sn/c1-5-9-15(19(31)33-21(2,3)4)27-17(29)13-26-18(30)16(28-20(32)22(23,24)25)12-14-10-7-6-8-11-14;3*1-3-4-2;/h6-8,10-11,15-16H,1,9,12-13H2,2-4H3,(H,26,30)(H,27,29)(H,28,32);3*1,3-4H2,2H3;/t15-,16+;;;;/m1..../s1. The molecule has 1 aromatic rings. The molecule has 0 fully saturated rings. The van der Waals surface area contributed by atoms with Crippen molar-refractivity contribution in [1.29, 1.82) is 0 Å². The molecule has 0 heterocycles. The predicted molar refractivity (Wildman–Crippen MR) is 178 cm³/mol. The summed E-state index contributed by atoms with van der Waals surface area (Å²) < 4.78 is 49.1. The molecule has 0 aliphatic carbocycles. The van der Waals surface area contributed by atoms with Gasteiger partial charge in [-0.25, -0.2) is 0 Å². The van der Waals surface area contributed by atoms with Crippen LogP contribution in [-0.4, -0.2) is 72.5 Å². The average molecular weight is 761 g/mol. The fraction of sp³-hybridized carbons (Fsp3) is 0.647. The third-order valence-electron chi connectivity index (χ3n) is 7.84. The second-order valence-electron chi connectivity index (χ2n) is 13.0. The summed E-state index contributed by atoms with van der Waals surface area (Å²) in [6.07, 6.45) is 1.27. The van der Waals surface area contributed by atoms with Gasteiger partial charge in [0.2, 0.25) is 0 Å². The van der Waals surface area contributed by atoms with Gasteiger partial charge < -0.3 is 0 Å². The van der Waals surface area contributed by atoms with Gasteiger partial charge in [0.15, 0.2) is 0 Å². The molecule has 0 unspecified atom stereocenters. The van der Waals surface area contributed by atoms with E-state index >= 15 is 0 Å². The van der Waals surface area contributed by atoms with Crippen molar-refractivity contribution in [2.24, 2.45) is 0 Å². The molecule has 0 aliphatic heterocycles. The minimum absolute atomic E-state index is 0.223. The summed E-state index contributed by atoms with van der Waals surface area (Å²) >= 11 is -3.00. The zero-order chi connectivity index (χ0) is 35.0. The SMILES string of the molecule is C=[C](C[C@@H](NC(=O)CNC(=O)[C@H](Cc1ccccc1)NC(=O)C(F)(F)F)C(=O)OC(C)(C)C)[Sn]([CH2]CCC)([CH2]CCC)[CH2]CCC. The second kappa shape index (κ2) is 19.9. The number of benzene rings is 1. The van der Waals surface area contributed by atoms with Gasteiger partial charge in [0, 0.05) is 0 Å². The van der Waals surface area contributed by atoms with Gasteiger partial charge in [-0.1, -0.05) is 18.2 Å². The van der Waals surface area contributed by atoms with Crippen LogP contribution in [-0.2, 0) is 30.3 Å². The van der Waals surface area contributed by atoms with Gasteiger partial charge >= 0.3 is 246 Å². The molecule has 0 spiro atoms.